The second kappa shape index (κ2) is 3.67. The minimum Gasteiger partial charge on any atom is -0.162 e. The van der Waals surface area contributed by atoms with Gasteiger partial charge in [0.25, 0.3) is 0 Å². The molecule has 0 rings (SSSR count). The molecular formula is C6H14S2. The van der Waals surface area contributed by atoms with E-state index < -0.39 is 0 Å². The summed E-state index contributed by atoms with van der Waals surface area (Å²) in [6.45, 7) is 4.26. The average Bonchev–Trinajstić information content (AvgIpc) is 1.67. The van der Waals surface area contributed by atoms with E-state index in [9.17, 15) is 0 Å². The number of hydrogen-bond acceptors (Lipinski definition) is 2. The lowest BCUT2D eigenvalue weighted by molar-refractivity contribution is 0.685. The molecule has 0 bridgehead atoms. The Balaban J connectivity index is 3.37. The van der Waals surface area contributed by atoms with Gasteiger partial charge in [-0.1, -0.05) is 20.3 Å². The van der Waals surface area contributed by atoms with E-state index in [1.165, 1.54) is 6.42 Å². The van der Waals surface area contributed by atoms with Crippen LogP contribution in [0.5, 0.6) is 0 Å². The summed E-state index contributed by atoms with van der Waals surface area (Å²) in [5, 5.41) is 0. The molecule has 0 aromatic rings. The maximum Gasteiger partial charge on any atom is 0.0549 e. The Morgan fingerprint density at radius 2 is 1.75 bits per heavy atom. The van der Waals surface area contributed by atoms with Gasteiger partial charge in [0.15, 0.2) is 0 Å². The van der Waals surface area contributed by atoms with Crippen molar-refractivity contribution in [2.45, 2.75) is 37.2 Å². The molecule has 2 heteroatoms. The zero-order valence-electron chi connectivity index (χ0n) is 5.52. The predicted molar refractivity (Wildman–Crippen MR) is 45.9 cm³/mol. The molecule has 0 fully saturated rings. The highest BCUT2D eigenvalue weighted by Gasteiger charge is 2.14. The van der Waals surface area contributed by atoms with Gasteiger partial charge in [0.2, 0.25) is 0 Å². The van der Waals surface area contributed by atoms with E-state index in [4.69, 9.17) is 0 Å². The van der Waals surface area contributed by atoms with Gasteiger partial charge in [-0.25, -0.2) is 0 Å². The Bertz CT molecular complexity index is 59.5. The standard InChI is InChI=1S/C6H14S2/c1-3-5-6(7,8)4-2/h7-8H,3-5H2,1-2H3. The first-order valence-electron chi connectivity index (χ1n) is 3.07. The third-order valence-corrected chi connectivity index (χ3v) is 2.30. The molecule has 8 heavy (non-hydrogen) atoms. The molecule has 0 aromatic carbocycles. The van der Waals surface area contributed by atoms with Crippen LogP contribution >= 0.6 is 25.3 Å². The molecule has 0 radical (unpaired) electrons. The van der Waals surface area contributed by atoms with Gasteiger partial charge < -0.3 is 0 Å². The van der Waals surface area contributed by atoms with Crippen molar-refractivity contribution in [3.8, 4) is 0 Å². The second-order valence-electron chi connectivity index (χ2n) is 2.09. The monoisotopic (exact) mass is 150 g/mol. The van der Waals surface area contributed by atoms with Gasteiger partial charge in [0, 0.05) is 0 Å². The molecule has 50 valence electrons. The number of hydrogen-bond donors (Lipinski definition) is 2. The Morgan fingerprint density at radius 3 is 1.88 bits per heavy atom. The minimum absolute atomic E-state index is 0.0191. The highest BCUT2D eigenvalue weighted by Crippen LogP contribution is 2.28. The van der Waals surface area contributed by atoms with Crippen LogP contribution in [0.1, 0.15) is 33.1 Å². The summed E-state index contributed by atoms with van der Waals surface area (Å²) in [6.07, 6.45) is 3.30. The van der Waals surface area contributed by atoms with Crippen LogP contribution in [0, 0.1) is 0 Å². The van der Waals surface area contributed by atoms with Crippen LogP contribution in [0.15, 0.2) is 0 Å². The molecular weight excluding hydrogens is 136 g/mol. The molecule has 0 saturated heterocycles. The van der Waals surface area contributed by atoms with Gasteiger partial charge in [-0.2, -0.15) is 25.3 Å². The lowest BCUT2D eigenvalue weighted by Crippen LogP contribution is -2.09. The van der Waals surface area contributed by atoms with Crippen LogP contribution in [0.25, 0.3) is 0 Å². The van der Waals surface area contributed by atoms with E-state index in [1.54, 1.807) is 0 Å². The summed E-state index contributed by atoms with van der Waals surface area (Å²) < 4.78 is -0.0191. The maximum absolute atomic E-state index is 4.33. The Labute approximate surface area is 62.9 Å². The zero-order chi connectivity index (χ0) is 6.62. The second-order valence-corrected chi connectivity index (χ2v) is 4.15. The smallest absolute Gasteiger partial charge is 0.0549 e. The lowest BCUT2D eigenvalue weighted by atomic mass is 10.2. The molecule has 0 aliphatic carbocycles. The van der Waals surface area contributed by atoms with Crippen molar-refractivity contribution in [2.24, 2.45) is 0 Å². The largest absolute Gasteiger partial charge is 0.162 e. The van der Waals surface area contributed by atoms with Crippen LogP contribution in [-0.2, 0) is 0 Å². The van der Waals surface area contributed by atoms with Gasteiger partial charge in [-0.15, -0.1) is 0 Å². The van der Waals surface area contributed by atoms with Crippen LogP contribution in [0.2, 0.25) is 0 Å². The molecule has 0 aromatic heterocycles. The molecule has 0 spiro atoms. The summed E-state index contributed by atoms with van der Waals surface area (Å²) in [6, 6.07) is 0. The van der Waals surface area contributed by atoms with E-state index in [1.807, 2.05) is 0 Å². The van der Waals surface area contributed by atoms with Crippen molar-refractivity contribution >= 4 is 25.3 Å². The fraction of sp³-hybridized carbons (Fsp3) is 1.00. The highest BCUT2D eigenvalue weighted by molar-refractivity contribution is 8.00. The van der Waals surface area contributed by atoms with E-state index in [0.717, 1.165) is 12.8 Å². The third-order valence-electron chi connectivity index (χ3n) is 1.22. The van der Waals surface area contributed by atoms with Crippen LogP contribution in [0.3, 0.4) is 0 Å². The lowest BCUT2D eigenvalue weighted by Gasteiger charge is -2.18. The summed E-state index contributed by atoms with van der Waals surface area (Å²) in [5.41, 5.74) is 0. The number of thiol groups is 2. The van der Waals surface area contributed by atoms with Crippen molar-refractivity contribution in [1.29, 1.82) is 0 Å². The SMILES string of the molecule is CCCC(S)(S)CC. The van der Waals surface area contributed by atoms with Crippen molar-refractivity contribution in [2.75, 3.05) is 0 Å². The molecule has 0 aliphatic heterocycles. The molecule has 0 unspecified atom stereocenters. The molecule has 0 atom stereocenters. The molecule has 0 aliphatic rings. The molecule has 0 N–H and O–H groups in total. The van der Waals surface area contributed by atoms with E-state index >= 15 is 0 Å². The first-order chi connectivity index (χ1) is 3.62. The van der Waals surface area contributed by atoms with E-state index in [2.05, 4.69) is 39.1 Å². The van der Waals surface area contributed by atoms with Crippen molar-refractivity contribution in [3.63, 3.8) is 0 Å². The fourth-order valence-electron chi connectivity index (χ4n) is 0.577. The van der Waals surface area contributed by atoms with E-state index in [0.29, 0.717) is 0 Å². The molecule has 0 saturated carbocycles. The Morgan fingerprint density at radius 1 is 1.25 bits per heavy atom. The van der Waals surface area contributed by atoms with Crippen LogP contribution in [0.4, 0.5) is 0 Å². The Kier molecular flexibility index (Phi) is 4.00. The van der Waals surface area contributed by atoms with Crippen molar-refractivity contribution < 1.29 is 0 Å². The van der Waals surface area contributed by atoms with Gasteiger partial charge in [0.05, 0.1) is 4.08 Å². The minimum atomic E-state index is -0.0191. The fourth-order valence-corrected chi connectivity index (χ4v) is 1.02. The van der Waals surface area contributed by atoms with Crippen molar-refractivity contribution in [1.82, 2.24) is 0 Å². The third kappa shape index (κ3) is 3.67. The predicted octanol–water partition coefficient (Wildman–Crippen LogP) is 2.75. The van der Waals surface area contributed by atoms with Gasteiger partial charge in [-0.3, -0.25) is 0 Å². The first-order valence-corrected chi connectivity index (χ1v) is 3.96. The van der Waals surface area contributed by atoms with E-state index in [-0.39, 0.29) is 4.08 Å². The summed E-state index contributed by atoms with van der Waals surface area (Å²) in [5.74, 6) is 0. The summed E-state index contributed by atoms with van der Waals surface area (Å²) >= 11 is 8.66. The first kappa shape index (κ1) is 8.70. The molecule has 0 amide bonds. The zero-order valence-corrected chi connectivity index (χ0v) is 7.30. The average molecular weight is 150 g/mol. The van der Waals surface area contributed by atoms with Gasteiger partial charge in [-0.05, 0) is 12.8 Å². The van der Waals surface area contributed by atoms with Gasteiger partial charge >= 0.3 is 0 Å². The van der Waals surface area contributed by atoms with Crippen LogP contribution < -0.4 is 0 Å². The summed E-state index contributed by atoms with van der Waals surface area (Å²) in [7, 11) is 0. The Hall–Kier alpha value is 0.700. The van der Waals surface area contributed by atoms with Crippen molar-refractivity contribution in [3.05, 3.63) is 0 Å². The summed E-state index contributed by atoms with van der Waals surface area (Å²) in [4.78, 5) is 0. The van der Waals surface area contributed by atoms with Crippen LogP contribution in [-0.4, -0.2) is 4.08 Å². The molecule has 0 heterocycles. The topological polar surface area (TPSA) is 0 Å². The quantitative estimate of drug-likeness (QED) is 0.448. The van der Waals surface area contributed by atoms with Gasteiger partial charge in [0.1, 0.15) is 0 Å². The number of rotatable bonds is 3. The maximum atomic E-state index is 4.33. The molecule has 0 nitrogen and oxygen atoms in total. The highest BCUT2D eigenvalue weighted by atomic mass is 32.2. The normalized spacial score (nSPS) is 12.0.